The molecule has 2 rings (SSSR count). The van der Waals surface area contributed by atoms with Crippen LogP contribution in [0.4, 0.5) is 0 Å². The second-order valence-corrected chi connectivity index (χ2v) is 7.53. The van der Waals surface area contributed by atoms with Crippen LogP contribution in [0.1, 0.15) is 44.5 Å². The molecule has 0 spiro atoms. The Kier molecular flexibility index (Phi) is 3.85. The Hall–Kier alpha value is -0.380. The van der Waals surface area contributed by atoms with E-state index in [0.29, 0.717) is 17.0 Å². The Morgan fingerprint density at radius 3 is 2.53 bits per heavy atom. The van der Waals surface area contributed by atoms with Crippen LogP contribution >= 0.6 is 27.5 Å². The standard InChI is InChI=1S/C15H18BrClO2/c1-14(2)8-11(15(3,4)19-14)13(18)10-7-9(16)5-6-12(10)17/h5-7,11H,8H2,1-4H3. The summed E-state index contributed by atoms with van der Waals surface area (Å²) in [4.78, 5) is 12.7. The molecule has 4 heteroatoms. The van der Waals surface area contributed by atoms with Gasteiger partial charge in [-0.15, -0.1) is 0 Å². The van der Waals surface area contributed by atoms with Crippen LogP contribution < -0.4 is 0 Å². The van der Waals surface area contributed by atoms with Gasteiger partial charge in [-0.2, -0.15) is 0 Å². The largest absolute Gasteiger partial charge is 0.369 e. The van der Waals surface area contributed by atoms with Gasteiger partial charge in [0.25, 0.3) is 0 Å². The summed E-state index contributed by atoms with van der Waals surface area (Å²) < 4.78 is 6.84. The molecule has 0 N–H and O–H groups in total. The molecule has 0 amide bonds. The van der Waals surface area contributed by atoms with Crippen LogP contribution in [0, 0.1) is 5.92 Å². The van der Waals surface area contributed by atoms with E-state index in [1.807, 2.05) is 33.8 Å². The minimum atomic E-state index is -0.466. The first kappa shape index (κ1) is 15.0. The number of Topliss-reactive ketones (excluding diaryl/α,β-unsaturated/α-hetero) is 1. The molecule has 0 aromatic heterocycles. The van der Waals surface area contributed by atoms with Gasteiger partial charge in [0.1, 0.15) is 0 Å². The summed E-state index contributed by atoms with van der Waals surface area (Å²) in [5.41, 5.74) is -0.176. The van der Waals surface area contributed by atoms with Crippen molar-refractivity contribution in [2.45, 2.75) is 45.3 Å². The van der Waals surface area contributed by atoms with Crippen molar-refractivity contribution in [2.75, 3.05) is 0 Å². The predicted molar refractivity (Wildman–Crippen MR) is 80.8 cm³/mol. The van der Waals surface area contributed by atoms with E-state index in [2.05, 4.69) is 15.9 Å². The number of halogens is 2. The van der Waals surface area contributed by atoms with Gasteiger partial charge < -0.3 is 4.74 Å². The maximum Gasteiger partial charge on any atom is 0.170 e. The summed E-state index contributed by atoms with van der Waals surface area (Å²) in [5.74, 6) is -0.115. The smallest absolute Gasteiger partial charge is 0.170 e. The van der Waals surface area contributed by atoms with Gasteiger partial charge >= 0.3 is 0 Å². The molecule has 1 aliphatic heterocycles. The quantitative estimate of drug-likeness (QED) is 0.714. The van der Waals surface area contributed by atoms with Crippen LogP contribution in [0.25, 0.3) is 0 Å². The highest BCUT2D eigenvalue weighted by molar-refractivity contribution is 9.10. The number of rotatable bonds is 2. The molecule has 0 saturated carbocycles. The third kappa shape index (κ3) is 3.04. The number of ether oxygens (including phenoxy) is 1. The Labute approximate surface area is 127 Å². The van der Waals surface area contributed by atoms with Gasteiger partial charge in [-0.3, -0.25) is 4.79 Å². The van der Waals surface area contributed by atoms with E-state index in [4.69, 9.17) is 16.3 Å². The van der Waals surface area contributed by atoms with Crippen LogP contribution in [0.2, 0.25) is 5.02 Å². The molecule has 1 aromatic rings. The van der Waals surface area contributed by atoms with Crippen molar-refractivity contribution in [2.24, 2.45) is 5.92 Å². The summed E-state index contributed by atoms with van der Waals surface area (Å²) in [6.45, 7) is 7.97. The molecule has 1 aromatic carbocycles. The molecule has 1 fully saturated rings. The molecule has 1 unspecified atom stereocenters. The van der Waals surface area contributed by atoms with Crippen molar-refractivity contribution >= 4 is 33.3 Å². The summed E-state index contributed by atoms with van der Waals surface area (Å²) in [7, 11) is 0. The Morgan fingerprint density at radius 1 is 1.37 bits per heavy atom. The SMILES string of the molecule is CC1(C)CC(C(=O)c2cc(Br)ccc2Cl)C(C)(C)O1. The van der Waals surface area contributed by atoms with Crippen molar-refractivity contribution in [1.82, 2.24) is 0 Å². The molecule has 1 heterocycles. The van der Waals surface area contributed by atoms with E-state index in [1.54, 1.807) is 12.1 Å². The maximum atomic E-state index is 12.7. The van der Waals surface area contributed by atoms with Gasteiger partial charge in [0.15, 0.2) is 5.78 Å². The van der Waals surface area contributed by atoms with Gasteiger partial charge in [0.05, 0.1) is 22.1 Å². The van der Waals surface area contributed by atoms with Crippen LogP contribution in [-0.2, 0) is 4.74 Å². The molecule has 0 bridgehead atoms. The predicted octanol–water partition coefficient (Wildman–Crippen LogP) is 4.88. The molecule has 104 valence electrons. The van der Waals surface area contributed by atoms with Crippen LogP contribution in [0.15, 0.2) is 22.7 Å². The van der Waals surface area contributed by atoms with Gasteiger partial charge in [-0.25, -0.2) is 0 Å². The fraction of sp³-hybridized carbons (Fsp3) is 0.533. The maximum absolute atomic E-state index is 12.7. The van der Waals surface area contributed by atoms with Crippen molar-refractivity contribution in [1.29, 1.82) is 0 Å². The summed E-state index contributed by atoms with van der Waals surface area (Å²) in [5, 5.41) is 0.494. The molecule has 1 atom stereocenters. The monoisotopic (exact) mass is 344 g/mol. The van der Waals surface area contributed by atoms with E-state index in [1.165, 1.54) is 0 Å². The highest BCUT2D eigenvalue weighted by Crippen LogP contribution is 2.44. The van der Waals surface area contributed by atoms with Crippen LogP contribution in [0.3, 0.4) is 0 Å². The zero-order chi connectivity index (χ0) is 14.4. The third-order valence-corrected chi connectivity index (χ3v) is 4.41. The minimum absolute atomic E-state index is 0.0573. The highest BCUT2D eigenvalue weighted by atomic mass is 79.9. The van der Waals surface area contributed by atoms with Gasteiger partial charge in [-0.1, -0.05) is 27.5 Å². The molecular formula is C15H18BrClO2. The molecular weight excluding hydrogens is 328 g/mol. The van der Waals surface area contributed by atoms with Gasteiger partial charge in [0.2, 0.25) is 0 Å². The molecule has 2 nitrogen and oxygen atoms in total. The Balaban J connectivity index is 2.37. The topological polar surface area (TPSA) is 26.3 Å². The van der Waals surface area contributed by atoms with Crippen LogP contribution in [-0.4, -0.2) is 17.0 Å². The first-order valence-electron chi connectivity index (χ1n) is 6.32. The lowest BCUT2D eigenvalue weighted by Gasteiger charge is -2.26. The van der Waals surface area contributed by atoms with E-state index in [0.717, 1.165) is 4.47 Å². The normalized spacial score (nSPS) is 24.4. The van der Waals surface area contributed by atoms with Gasteiger partial charge in [0, 0.05) is 10.0 Å². The molecule has 0 aliphatic carbocycles. The lowest BCUT2D eigenvalue weighted by molar-refractivity contribution is -0.0712. The number of benzene rings is 1. The highest BCUT2D eigenvalue weighted by Gasteiger charge is 2.49. The number of carbonyl (C=O) groups is 1. The summed E-state index contributed by atoms with van der Waals surface area (Å²) in [6.07, 6.45) is 0.710. The fourth-order valence-electron chi connectivity index (χ4n) is 2.84. The average Bonchev–Trinajstić information content (AvgIpc) is 2.49. The van der Waals surface area contributed by atoms with Crippen LogP contribution in [0.5, 0.6) is 0 Å². The number of hydrogen-bond acceptors (Lipinski definition) is 2. The number of carbonyl (C=O) groups excluding carboxylic acids is 1. The Morgan fingerprint density at radius 2 is 2.00 bits per heavy atom. The second kappa shape index (κ2) is 4.87. The average molecular weight is 346 g/mol. The second-order valence-electron chi connectivity index (χ2n) is 6.21. The van der Waals surface area contributed by atoms with Crippen molar-refractivity contribution < 1.29 is 9.53 Å². The summed E-state index contributed by atoms with van der Waals surface area (Å²) >= 11 is 9.53. The molecule has 19 heavy (non-hydrogen) atoms. The number of hydrogen-bond donors (Lipinski definition) is 0. The first-order chi connectivity index (χ1) is 8.62. The van der Waals surface area contributed by atoms with E-state index < -0.39 is 5.60 Å². The lowest BCUT2D eigenvalue weighted by atomic mass is 9.81. The third-order valence-electron chi connectivity index (χ3n) is 3.58. The fourth-order valence-corrected chi connectivity index (χ4v) is 3.42. The molecule has 1 saturated heterocycles. The Bertz CT molecular complexity index is 523. The molecule has 0 radical (unpaired) electrons. The van der Waals surface area contributed by atoms with Crippen molar-refractivity contribution in [3.63, 3.8) is 0 Å². The van der Waals surface area contributed by atoms with E-state index in [-0.39, 0.29) is 17.3 Å². The first-order valence-corrected chi connectivity index (χ1v) is 7.49. The zero-order valence-corrected chi connectivity index (χ0v) is 13.9. The number of ketones is 1. The van der Waals surface area contributed by atoms with Crippen molar-refractivity contribution in [3.05, 3.63) is 33.3 Å². The molecule has 1 aliphatic rings. The zero-order valence-electron chi connectivity index (χ0n) is 11.6. The van der Waals surface area contributed by atoms with Crippen molar-refractivity contribution in [3.8, 4) is 0 Å². The van der Waals surface area contributed by atoms with E-state index >= 15 is 0 Å². The lowest BCUT2D eigenvalue weighted by Crippen LogP contribution is -2.34. The van der Waals surface area contributed by atoms with E-state index in [9.17, 15) is 4.79 Å². The summed E-state index contributed by atoms with van der Waals surface area (Å²) in [6, 6.07) is 5.36. The van der Waals surface area contributed by atoms with Gasteiger partial charge in [-0.05, 0) is 52.3 Å². The minimum Gasteiger partial charge on any atom is -0.369 e.